The second-order valence-corrected chi connectivity index (χ2v) is 4.81. The molecule has 19 heavy (non-hydrogen) atoms. The van der Waals surface area contributed by atoms with E-state index in [1.807, 2.05) is 30.1 Å². The Labute approximate surface area is 114 Å². The van der Waals surface area contributed by atoms with E-state index in [4.69, 9.17) is 5.73 Å². The number of hydrogen-bond acceptors (Lipinski definition) is 3. The first kappa shape index (κ1) is 13.6. The van der Waals surface area contributed by atoms with Crippen molar-refractivity contribution in [2.75, 3.05) is 18.8 Å². The summed E-state index contributed by atoms with van der Waals surface area (Å²) in [5.41, 5.74) is 9.11. The zero-order valence-electron chi connectivity index (χ0n) is 11.7. The van der Waals surface area contributed by atoms with Crippen molar-refractivity contribution in [3.63, 3.8) is 0 Å². The number of aryl methyl sites for hydroxylation is 1. The molecule has 0 aliphatic rings. The number of anilines is 1. The second kappa shape index (κ2) is 6.38. The SMILES string of the molecule is CCN(CCc1ccnn1C)Cc1ccc(N)cc1. The third-order valence-corrected chi connectivity index (χ3v) is 3.44. The smallest absolute Gasteiger partial charge is 0.0492 e. The molecule has 2 rings (SSSR count). The highest BCUT2D eigenvalue weighted by Crippen LogP contribution is 2.09. The van der Waals surface area contributed by atoms with E-state index in [1.54, 1.807) is 0 Å². The molecule has 0 saturated heterocycles. The molecule has 1 aromatic carbocycles. The van der Waals surface area contributed by atoms with Gasteiger partial charge in [0.25, 0.3) is 0 Å². The number of likely N-dealkylation sites (N-methyl/N-ethyl adjacent to an activating group) is 1. The van der Waals surface area contributed by atoms with Crippen LogP contribution in [0.4, 0.5) is 5.69 Å². The Bertz CT molecular complexity index is 501. The van der Waals surface area contributed by atoms with E-state index in [0.29, 0.717) is 0 Å². The van der Waals surface area contributed by atoms with Crippen LogP contribution < -0.4 is 5.73 Å². The second-order valence-electron chi connectivity index (χ2n) is 4.81. The van der Waals surface area contributed by atoms with E-state index in [1.165, 1.54) is 11.3 Å². The van der Waals surface area contributed by atoms with Gasteiger partial charge in [-0.3, -0.25) is 9.58 Å². The van der Waals surface area contributed by atoms with Crippen molar-refractivity contribution in [2.24, 2.45) is 7.05 Å². The molecule has 4 heteroatoms. The molecule has 0 radical (unpaired) electrons. The lowest BCUT2D eigenvalue weighted by Crippen LogP contribution is -2.25. The lowest BCUT2D eigenvalue weighted by molar-refractivity contribution is 0.281. The van der Waals surface area contributed by atoms with Gasteiger partial charge in [0, 0.05) is 44.1 Å². The Balaban J connectivity index is 1.90. The summed E-state index contributed by atoms with van der Waals surface area (Å²) < 4.78 is 1.94. The first-order chi connectivity index (χ1) is 9.19. The summed E-state index contributed by atoms with van der Waals surface area (Å²) in [4.78, 5) is 2.43. The molecule has 4 nitrogen and oxygen atoms in total. The van der Waals surface area contributed by atoms with Crippen LogP contribution in [0.15, 0.2) is 36.5 Å². The van der Waals surface area contributed by atoms with Gasteiger partial charge in [-0.25, -0.2) is 0 Å². The zero-order valence-corrected chi connectivity index (χ0v) is 11.7. The van der Waals surface area contributed by atoms with Gasteiger partial charge in [0.05, 0.1) is 0 Å². The lowest BCUT2D eigenvalue weighted by atomic mass is 10.2. The maximum absolute atomic E-state index is 5.71. The van der Waals surface area contributed by atoms with Crippen LogP contribution in [0.25, 0.3) is 0 Å². The van der Waals surface area contributed by atoms with E-state index in [2.05, 4.69) is 35.1 Å². The molecule has 0 fully saturated rings. The maximum Gasteiger partial charge on any atom is 0.0492 e. The van der Waals surface area contributed by atoms with Crippen molar-refractivity contribution in [1.82, 2.24) is 14.7 Å². The van der Waals surface area contributed by atoms with Crippen LogP contribution in [0.2, 0.25) is 0 Å². The Morgan fingerprint density at radius 1 is 1.21 bits per heavy atom. The van der Waals surface area contributed by atoms with Crippen molar-refractivity contribution in [2.45, 2.75) is 19.9 Å². The van der Waals surface area contributed by atoms with Crippen LogP contribution in [0, 0.1) is 0 Å². The zero-order chi connectivity index (χ0) is 13.7. The van der Waals surface area contributed by atoms with Crippen molar-refractivity contribution < 1.29 is 0 Å². The fraction of sp³-hybridized carbons (Fsp3) is 0.400. The highest BCUT2D eigenvalue weighted by atomic mass is 15.3. The van der Waals surface area contributed by atoms with Crippen LogP contribution in [-0.4, -0.2) is 27.8 Å². The van der Waals surface area contributed by atoms with Gasteiger partial charge in [-0.15, -0.1) is 0 Å². The molecule has 0 saturated carbocycles. The van der Waals surface area contributed by atoms with E-state index in [9.17, 15) is 0 Å². The average molecular weight is 258 g/mol. The Kier molecular flexibility index (Phi) is 4.58. The van der Waals surface area contributed by atoms with Gasteiger partial charge < -0.3 is 5.73 Å². The molecule has 0 amide bonds. The van der Waals surface area contributed by atoms with Gasteiger partial charge in [-0.1, -0.05) is 19.1 Å². The number of nitrogens with zero attached hydrogens (tertiary/aromatic N) is 3. The van der Waals surface area contributed by atoms with Crippen molar-refractivity contribution in [1.29, 1.82) is 0 Å². The van der Waals surface area contributed by atoms with Crippen LogP contribution in [0.3, 0.4) is 0 Å². The number of rotatable bonds is 6. The van der Waals surface area contributed by atoms with Crippen molar-refractivity contribution in [3.05, 3.63) is 47.8 Å². The highest BCUT2D eigenvalue weighted by Gasteiger charge is 2.06. The molecule has 0 bridgehead atoms. The minimum absolute atomic E-state index is 0.821. The molecular formula is C15H22N4. The van der Waals surface area contributed by atoms with E-state index < -0.39 is 0 Å². The lowest BCUT2D eigenvalue weighted by Gasteiger charge is -2.20. The first-order valence-electron chi connectivity index (χ1n) is 6.72. The normalized spacial score (nSPS) is 11.1. The fourth-order valence-corrected chi connectivity index (χ4v) is 2.15. The van der Waals surface area contributed by atoms with E-state index in [0.717, 1.165) is 31.7 Å². The molecule has 2 aromatic rings. The number of benzene rings is 1. The molecule has 102 valence electrons. The van der Waals surface area contributed by atoms with Gasteiger partial charge in [-0.05, 0) is 30.3 Å². The molecular weight excluding hydrogens is 236 g/mol. The number of hydrogen-bond donors (Lipinski definition) is 1. The Morgan fingerprint density at radius 2 is 1.95 bits per heavy atom. The average Bonchev–Trinajstić information content (AvgIpc) is 2.82. The maximum atomic E-state index is 5.71. The summed E-state index contributed by atoms with van der Waals surface area (Å²) in [5.74, 6) is 0. The predicted octanol–water partition coefficient (Wildman–Crippen LogP) is 2.07. The minimum atomic E-state index is 0.821. The molecule has 2 N–H and O–H groups in total. The Morgan fingerprint density at radius 3 is 2.53 bits per heavy atom. The summed E-state index contributed by atoms with van der Waals surface area (Å²) in [6.07, 6.45) is 2.88. The molecule has 1 aromatic heterocycles. The number of nitrogen functional groups attached to an aromatic ring is 1. The topological polar surface area (TPSA) is 47.1 Å². The van der Waals surface area contributed by atoms with E-state index in [-0.39, 0.29) is 0 Å². The first-order valence-corrected chi connectivity index (χ1v) is 6.72. The quantitative estimate of drug-likeness (QED) is 0.807. The highest BCUT2D eigenvalue weighted by molar-refractivity contribution is 5.39. The molecule has 0 aliphatic heterocycles. The van der Waals surface area contributed by atoms with Crippen LogP contribution >= 0.6 is 0 Å². The Hall–Kier alpha value is -1.81. The van der Waals surface area contributed by atoms with Gasteiger partial charge in [-0.2, -0.15) is 5.10 Å². The van der Waals surface area contributed by atoms with Crippen LogP contribution in [0.1, 0.15) is 18.2 Å². The van der Waals surface area contributed by atoms with Gasteiger partial charge in [0.1, 0.15) is 0 Å². The minimum Gasteiger partial charge on any atom is -0.399 e. The summed E-state index contributed by atoms with van der Waals surface area (Å²) in [5, 5.41) is 4.20. The monoisotopic (exact) mass is 258 g/mol. The predicted molar refractivity (Wildman–Crippen MR) is 78.7 cm³/mol. The summed E-state index contributed by atoms with van der Waals surface area (Å²) >= 11 is 0. The molecule has 0 unspecified atom stereocenters. The number of nitrogens with two attached hydrogens (primary N) is 1. The summed E-state index contributed by atoms with van der Waals surface area (Å²) in [6.45, 7) is 5.25. The molecule has 1 heterocycles. The standard InChI is InChI=1S/C15H22N4/c1-3-19(11-9-15-8-10-17-18(15)2)12-13-4-6-14(16)7-5-13/h4-8,10H,3,9,11-12,16H2,1-2H3. The van der Waals surface area contributed by atoms with Crippen LogP contribution in [0.5, 0.6) is 0 Å². The largest absolute Gasteiger partial charge is 0.399 e. The molecule has 0 atom stereocenters. The molecule has 0 aliphatic carbocycles. The molecule has 0 spiro atoms. The third-order valence-electron chi connectivity index (χ3n) is 3.44. The van der Waals surface area contributed by atoms with Crippen molar-refractivity contribution >= 4 is 5.69 Å². The fourth-order valence-electron chi connectivity index (χ4n) is 2.15. The van der Waals surface area contributed by atoms with Crippen molar-refractivity contribution in [3.8, 4) is 0 Å². The van der Waals surface area contributed by atoms with E-state index >= 15 is 0 Å². The van der Waals surface area contributed by atoms with Gasteiger partial charge in [0.2, 0.25) is 0 Å². The summed E-state index contributed by atoms with van der Waals surface area (Å²) in [6, 6.07) is 10.2. The number of aromatic nitrogens is 2. The summed E-state index contributed by atoms with van der Waals surface area (Å²) in [7, 11) is 1.99. The van der Waals surface area contributed by atoms with Crippen LogP contribution in [-0.2, 0) is 20.0 Å². The van der Waals surface area contributed by atoms with Gasteiger partial charge >= 0.3 is 0 Å². The third kappa shape index (κ3) is 3.83. The van der Waals surface area contributed by atoms with Gasteiger partial charge in [0.15, 0.2) is 0 Å².